The Morgan fingerprint density at radius 3 is 2.29 bits per heavy atom. The number of carbonyl (C=O) groups is 1. The first-order chi connectivity index (χ1) is 20.0. The number of hydroxylamine groups is 1. The average molecular weight is 629 g/mol. The zero-order valence-corrected chi connectivity index (χ0v) is 25.5. The van der Waals surface area contributed by atoms with Crippen molar-refractivity contribution in [3.05, 3.63) is 54.1 Å². The van der Waals surface area contributed by atoms with E-state index in [1.165, 1.54) is 12.1 Å². The number of nitrogens with one attached hydrogen (secondary N) is 1. The lowest BCUT2D eigenvalue weighted by Gasteiger charge is -2.40. The van der Waals surface area contributed by atoms with Gasteiger partial charge in [0.15, 0.2) is 20.9 Å². The van der Waals surface area contributed by atoms with Crippen molar-refractivity contribution in [1.82, 2.24) is 10.4 Å². The molecule has 2 aliphatic rings. The molecule has 1 unspecified atom stereocenters. The van der Waals surface area contributed by atoms with Gasteiger partial charge >= 0.3 is 6.18 Å². The molecule has 2 aromatic rings. The summed E-state index contributed by atoms with van der Waals surface area (Å²) in [5.74, 6) is 0.246. The van der Waals surface area contributed by atoms with Crippen molar-refractivity contribution in [2.45, 2.75) is 73.5 Å². The number of halogens is 3. The predicted molar refractivity (Wildman–Crippen MR) is 158 cm³/mol. The van der Waals surface area contributed by atoms with Crippen molar-refractivity contribution < 1.29 is 36.0 Å². The number of ether oxygens (including phenoxy) is 1. The van der Waals surface area contributed by atoms with E-state index >= 15 is 0 Å². The van der Waals surface area contributed by atoms with Gasteiger partial charge in [-0.05, 0) is 73.6 Å². The van der Waals surface area contributed by atoms with E-state index < -0.39 is 39.4 Å². The van der Waals surface area contributed by atoms with Gasteiger partial charge in [-0.3, -0.25) is 4.79 Å². The SMILES string of the molecule is CSCCN1CCC(C(=O)NOC2CCCCO2)(S(=O)(=O)c2ccc(-c3ccc(CCCC(F)(F)F)cc3)cc2)CC1. The monoisotopic (exact) mass is 628 g/mol. The van der Waals surface area contributed by atoms with Gasteiger partial charge in [0.25, 0.3) is 5.91 Å². The molecule has 12 heteroatoms. The molecule has 0 saturated carbocycles. The Morgan fingerprint density at radius 2 is 1.71 bits per heavy atom. The quantitative estimate of drug-likeness (QED) is 0.298. The highest BCUT2D eigenvalue weighted by atomic mass is 32.2. The van der Waals surface area contributed by atoms with Crippen molar-refractivity contribution in [3.63, 3.8) is 0 Å². The first kappa shape index (κ1) is 32.8. The van der Waals surface area contributed by atoms with Crippen molar-refractivity contribution >= 4 is 27.5 Å². The van der Waals surface area contributed by atoms with Crippen molar-refractivity contribution in [2.75, 3.05) is 38.2 Å². The lowest BCUT2D eigenvalue weighted by atomic mass is 9.95. The molecular formula is C30H39F3N2O5S2. The van der Waals surface area contributed by atoms with E-state index in [0.29, 0.717) is 32.5 Å². The maximum Gasteiger partial charge on any atom is 0.389 e. The highest BCUT2D eigenvalue weighted by molar-refractivity contribution is 7.98. The molecule has 0 aliphatic carbocycles. The van der Waals surface area contributed by atoms with Gasteiger partial charge < -0.3 is 9.64 Å². The minimum atomic E-state index is -4.16. The lowest BCUT2D eigenvalue weighted by molar-refractivity contribution is -0.202. The van der Waals surface area contributed by atoms with Crippen LogP contribution in [0.3, 0.4) is 0 Å². The lowest BCUT2D eigenvalue weighted by Crippen LogP contribution is -2.58. The minimum absolute atomic E-state index is 0.0266. The van der Waals surface area contributed by atoms with Gasteiger partial charge in [0.2, 0.25) is 0 Å². The first-order valence-corrected chi connectivity index (χ1v) is 17.2. The minimum Gasteiger partial charge on any atom is -0.350 e. The third-order valence-corrected chi connectivity index (χ3v) is 11.1. The van der Waals surface area contributed by atoms with Crippen LogP contribution in [0, 0.1) is 0 Å². The van der Waals surface area contributed by atoms with E-state index in [0.717, 1.165) is 41.8 Å². The number of nitrogens with zero attached hydrogens (tertiary/aromatic N) is 1. The summed E-state index contributed by atoms with van der Waals surface area (Å²) < 4.78 is 69.5. The largest absolute Gasteiger partial charge is 0.389 e. The molecule has 2 fully saturated rings. The van der Waals surface area contributed by atoms with Crippen molar-refractivity contribution in [3.8, 4) is 11.1 Å². The second kappa shape index (κ2) is 14.6. The van der Waals surface area contributed by atoms with Gasteiger partial charge in [-0.2, -0.15) is 24.9 Å². The topological polar surface area (TPSA) is 84.9 Å². The van der Waals surface area contributed by atoms with Crippen LogP contribution in [0.25, 0.3) is 11.1 Å². The Kier molecular flexibility index (Phi) is 11.4. The Balaban J connectivity index is 1.49. The fourth-order valence-electron chi connectivity index (χ4n) is 5.40. The summed E-state index contributed by atoms with van der Waals surface area (Å²) >= 11 is 1.72. The van der Waals surface area contributed by atoms with Crippen LogP contribution in [-0.4, -0.2) is 74.7 Å². The number of hydrogen-bond acceptors (Lipinski definition) is 7. The maximum atomic E-state index is 14.1. The summed E-state index contributed by atoms with van der Waals surface area (Å²) in [6.45, 7) is 2.30. The normalized spacial score (nSPS) is 19.9. The fourth-order valence-corrected chi connectivity index (χ4v) is 7.79. The number of hydrogen-bond donors (Lipinski definition) is 1. The number of alkyl halides is 3. The van der Waals surface area contributed by atoms with E-state index in [4.69, 9.17) is 9.57 Å². The van der Waals surface area contributed by atoms with E-state index in [-0.39, 0.29) is 24.2 Å². The summed E-state index contributed by atoms with van der Waals surface area (Å²) in [5, 5.41) is 0. The molecule has 232 valence electrons. The molecule has 0 radical (unpaired) electrons. The third kappa shape index (κ3) is 8.28. The Labute approximate surface area is 250 Å². The van der Waals surface area contributed by atoms with Crippen LogP contribution < -0.4 is 5.48 Å². The summed E-state index contributed by atoms with van der Waals surface area (Å²) in [6.07, 6.45) is -0.480. The number of benzene rings is 2. The molecule has 0 spiro atoms. The molecule has 7 nitrogen and oxygen atoms in total. The zero-order valence-electron chi connectivity index (χ0n) is 23.8. The molecule has 2 saturated heterocycles. The molecule has 42 heavy (non-hydrogen) atoms. The van der Waals surface area contributed by atoms with Crippen molar-refractivity contribution in [2.24, 2.45) is 0 Å². The van der Waals surface area contributed by atoms with E-state index in [9.17, 15) is 26.4 Å². The standard InChI is InChI=1S/C30H39F3N2O5S2/c1-41-22-20-35-18-16-29(17-19-35,28(36)34-40-27-6-2-3-21-39-27)42(37,38)26-13-11-25(12-14-26)24-9-7-23(8-10-24)5-4-15-30(31,32)33/h7-14,27H,2-6,15-22H2,1H3,(H,34,36). The molecule has 2 aromatic carbocycles. The van der Waals surface area contributed by atoms with E-state index in [1.54, 1.807) is 36.0 Å². The van der Waals surface area contributed by atoms with E-state index in [2.05, 4.69) is 10.4 Å². The zero-order chi connectivity index (χ0) is 30.2. The Morgan fingerprint density at radius 1 is 1.07 bits per heavy atom. The fraction of sp³-hybridized carbons (Fsp3) is 0.567. The van der Waals surface area contributed by atoms with Gasteiger partial charge in [0.1, 0.15) is 0 Å². The molecule has 1 N–H and O–H groups in total. The molecule has 2 heterocycles. The molecule has 0 aromatic heterocycles. The predicted octanol–water partition coefficient (Wildman–Crippen LogP) is 5.78. The van der Waals surface area contributed by atoms with Crippen molar-refractivity contribution in [1.29, 1.82) is 0 Å². The number of thioether (sulfide) groups is 1. The Bertz CT molecular complexity index is 1260. The molecule has 2 aliphatic heterocycles. The van der Waals surface area contributed by atoms with Crippen LogP contribution in [0.2, 0.25) is 0 Å². The van der Waals surface area contributed by atoms with Gasteiger partial charge in [-0.1, -0.05) is 36.4 Å². The van der Waals surface area contributed by atoms with Crippen LogP contribution >= 0.6 is 11.8 Å². The second-order valence-corrected chi connectivity index (χ2v) is 14.1. The highest BCUT2D eigenvalue weighted by Crippen LogP contribution is 2.37. The third-order valence-electron chi connectivity index (χ3n) is 8.00. The van der Waals surface area contributed by atoms with Crippen LogP contribution in [0.15, 0.2) is 53.4 Å². The molecule has 1 atom stereocenters. The number of carbonyl (C=O) groups excluding carboxylic acids is 1. The molecular weight excluding hydrogens is 589 g/mol. The van der Waals surface area contributed by atoms with Gasteiger partial charge in [0.05, 0.1) is 4.90 Å². The molecule has 1 amide bonds. The Hall–Kier alpha value is -2.12. The highest BCUT2D eigenvalue weighted by Gasteiger charge is 2.53. The van der Waals surface area contributed by atoms with Crippen LogP contribution in [0.4, 0.5) is 13.2 Å². The summed E-state index contributed by atoms with van der Waals surface area (Å²) in [6, 6.07) is 13.6. The molecule has 0 bridgehead atoms. The summed E-state index contributed by atoms with van der Waals surface area (Å²) in [5.41, 5.74) is 4.82. The number of piperidine rings is 1. The van der Waals surface area contributed by atoms with Gasteiger partial charge in [-0.15, -0.1) is 0 Å². The second-order valence-electron chi connectivity index (χ2n) is 10.9. The number of sulfone groups is 1. The van der Waals surface area contributed by atoms with Gasteiger partial charge in [-0.25, -0.2) is 18.7 Å². The molecule has 4 rings (SSSR count). The number of likely N-dealkylation sites (tertiary alicyclic amines) is 1. The number of amides is 1. The van der Waals surface area contributed by atoms with Crippen LogP contribution in [-0.2, 0) is 30.6 Å². The summed E-state index contributed by atoms with van der Waals surface area (Å²) in [7, 11) is -4.10. The van der Waals surface area contributed by atoms with Crippen LogP contribution in [0.5, 0.6) is 0 Å². The number of aryl methyl sites for hydroxylation is 1. The van der Waals surface area contributed by atoms with Gasteiger partial charge in [0, 0.05) is 44.8 Å². The first-order valence-electron chi connectivity index (χ1n) is 14.3. The van der Waals surface area contributed by atoms with Crippen LogP contribution in [0.1, 0.15) is 50.5 Å². The number of rotatable bonds is 12. The maximum absolute atomic E-state index is 14.1. The average Bonchev–Trinajstić information content (AvgIpc) is 2.99. The van der Waals surface area contributed by atoms with E-state index in [1.807, 2.05) is 18.4 Å². The smallest absolute Gasteiger partial charge is 0.350 e. The summed E-state index contributed by atoms with van der Waals surface area (Å²) in [4.78, 5) is 21.3.